The highest BCUT2D eigenvalue weighted by molar-refractivity contribution is 5.78. The van der Waals surface area contributed by atoms with E-state index >= 15 is 0 Å². The highest BCUT2D eigenvalue weighted by Gasteiger charge is 2.53. The Morgan fingerprint density at radius 3 is 2.63 bits per heavy atom. The summed E-state index contributed by atoms with van der Waals surface area (Å²) < 4.78 is 10.9. The molecule has 4 rings (SSSR count). The zero-order valence-electron chi connectivity index (χ0n) is 20.9. The first kappa shape index (κ1) is 25.3. The smallest absolute Gasteiger partial charge is 0.258 e. The Hall–Kier alpha value is -2.80. The fraction of sp³-hybridized carbons (Fsp3) is 0.571. The summed E-state index contributed by atoms with van der Waals surface area (Å²) in [7, 11) is 0. The number of hydrogen-bond acceptors (Lipinski definition) is 5. The van der Waals surface area contributed by atoms with Crippen molar-refractivity contribution < 1.29 is 23.8 Å². The van der Waals surface area contributed by atoms with Crippen LogP contribution in [0, 0.1) is 29.1 Å². The number of ether oxygens (including phenoxy) is 1. The van der Waals surface area contributed by atoms with Gasteiger partial charge in [0.25, 0.3) is 5.91 Å². The first-order valence-corrected chi connectivity index (χ1v) is 12.7. The van der Waals surface area contributed by atoms with Crippen LogP contribution >= 0.6 is 0 Å². The Morgan fingerprint density at radius 1 is 1.17 bits per heavy atom. The molecule has 190 valence electrons. The summed E-state index contributed by atoms with van der Waals surface area (Å²) in [5.41, 5.74) is 0.00145. The Morgan fingerprint density at radius 2 is 1.91 bits per heavy atom. The van der Waals surface area contributed by atoms with Crippen LogP contribution in [0.5, 0.6) is 5.75 Å². The molecule has 2 aliphatic rings. The van der Waals surface area contributed by atoms with Gasteiger partial charge in [0, 0.05) is 12.0 Å². The molecular weight excluding hydrogens is 444 g/mol. The number of rotatable bonds is 8. The molecule has 0 spiro atoms. The van der Waals surface area contributed by atoms with Crippen LogP contribution in [0.15, 0.2) is 53.1 Å². The molecule has 1 heterocycles. The predicted molar refractivity (Wildman–Crippen MR) is 132 cm³/mol. The third kappa shape index (κ3) is 5.72. The van der Waals surface area contributed by atoms with E-state index in [0.29, 0.717) is 18.1 Å². The van der Waals surface area contributed by atoms with Crippen molar-refractivity contribution in [3.63, 3.8) is 0 Å². The first-order chi connectivity index (χ1) is 16.8. The quantitative estimate of drug-likeness (QED) is 0.530. The van der Waals surface area contributed by atoms with E-state index in [9.17, 15) is 14.7 Å². The van der Waals surface area contributed by atoms with Crippen molar-refractivity contribution >= 4 is 11.8 Å². The van der Waals surface area contributed by atoms with Crippen LogP contribution < -0.4 is 15.4 Å². The lowest BCUT2D eigenvalue weighted by Gasteiger charge is -2.56. The number of benzene rings is 1. The SMILES string of the molecule is C[C@H]1[C@@H]2[C@@H](O)C([C@H](C)C(=O)NCc3ccco3)CC[C@@]2(C)CC[C@@H]1NC(=O)COc1ccccc1. The summed E-state index contributed by atoms with van der Waals surface area (Å²) in [5, 5.41) is 17.6. The molecule has 0 aliphatic heterocycles. The van der Waals surface area contributed by atoms with E-state index < -0.39 is 6.10 Å². The second-order valence-corrected chi connectivity index (χ2v) is 10.6. The lowest BCUT2D eigenvalue weighted by atomic mass is 9.51. The van der Waals surface area contributed by atoms with Crippen LogP contribution in [0.2, 0.25) is 0 Å². The number of aliphatic hydroxyl groups is 1. The van der Waals surface area contributed by atoms with Crippen molar-refractivity contribution in [3.05, 3.63) is 54.5 Å². The molecule has 0 saturated heterocycles. The van der Waals surface area contributed by atoms with Crippen molar-refractivity contribution in [1.29, 1.82) is 0 Å². The minimum absolute atomic E-state index is 0.00145. The maximum atomic E-state index is 12.9. The Labute approximate surface area is 207 Å². The summed E-state index contributed by atoms with van der Waals surface area (Å²) in [6.07, 6.45) is 4.59. The number of fused-ring (bicyclic) bond motifs is 1. The van der Waals surface area contributed by atoms with Crippen molar-refractivity contribution in [2.75, 3.05) is 6.61 Å². The summed E-state index contributed by atoms with van der Waals surface area (Å²) in [6, 6.07) is 12.9. The molecule has 7 nitrogen and oxygen atoms in total. The Bertz CT molecular complexity index is 978. The highest BCUT2D eigenvalue weighted by atomic mass is 16.5. The van der Waals surface area contributed by atoms with Gasteiger partial charge in [0.05, 0.1) is 18.9 Å². The zero-order valence-corrected chi connectivity index (χ0v) is 20.9. The van der Waals surface area contributed by atoms with Gasteiger partial charge in [-0.15, -0.1) is 0 Å². The van der Waals surface area contributed by atoms with Gasteiger partial charge in [0.1, 0.15) is 11.5 Å². The Balaban J connectivity index is 1.36. The van der Waals surface area contributed by atoms with Crippen LogP contribution in [0.3, 0.4) is 0 Å². The number of carbonyl (C=O) groups is 2. The second-order valence-electron chi connectivity index (χ2n) is 10.6. The normalized spacial score (nSPS) is 31.1. The van der Waals surface area contributed by atoms with E-state index in [2.05, 4.69) is 24.5 Å². The molecule has 2 fully saturated rings. The van der Waals surface area contributed by atoms with E-state index in [1.807, 2.05) is 43.3 Å². The van der Waals surface area contributed by atoms with Gasteiger partial charge >= 0.3 is 0 Å². The number of furan rings is 1. The predicted octanol–water partition coefficient (Wildman–Crippen LogP) is 3.92. The summed E-state index contributed by atoms with van der Waals surface area (Å²) in [5.74, 6) is 0.812. The van der Waals surface area contributed by atoms with Gasteiger partial charge in [-0.2, -0.15) is 0 Å². The van der Waals surface area contributed by atoms with Crippen molar-refractivity contribution in [2.45, 2.75) is 65.1 Å². The standard InChI is InChI=1S/C28H38N2O5/c1-18(27(33)29-16-21-10-7-15-34-21)22-11-13-28(3)14-12-23(19(2)25(28)26(22)32)30-24(31)17-35-20-8-5-4-6-9-20/h4-10,15,18-19,22-23,25-26,32H,11-14,16-17H2,1-3H3,(H,29,33)(H,30,31)/t18-,19+,22?,23-,25+,26-,28-/m0/s1. The number of carbonyl (C=O) groups excluding carboxylic acids is 2. The molecule has 0 radical (unpaired) electrons. The van der Waals surface area contributed by atoms with Gasteiger partial charge in [0.15, 0.2) is 6.61 Å². The molecule has 0 bridgehead atoms. The Kier molecular flexibility index (Phi) is 7.85. The van der Waals surface area contributed by atoms with E-state index in [4.69, 9.17) is 9.15 Å². The number of aliphatic hydroxyl groups excluding tert-OH is 1. The summed E-state index contributed by atoms with van der Waals surface area (Å²) in [6.45, 7) is 6.59. The number of hydrogen-bond donors (Lipinski definition) is 3. The van der Waals surface area contributed by atoms with E-state index in [1.54, 1.807) is 12.3 Å². The van der Waals surface area contributed by atoms with Crippen LogP contribution in [0.1, 0.15) is 52.2 Å². The lowest BCUT2D eigenvalue weighted by Crippen LogP contribution is -2.58. The number of para-hydroxylation sites is 1. The van der Waals surface area contributed by atoms with Gasteiger partial charge in [-0.3, -0.25) is 9.59 Å². The highest BCUT2D eigenvalue weighted by Crippen LogP contribution is 2.55. The topological polar surface area (TPSA) is 101 Å². The molecule has 3 N–H and O–H groups in total. The fourth-order valence-electron chi connectivity index (χ4n) is 6.35. The maximum Gasteiger partial charge on any atom is 0.258 e. The van der Waals surface area contributed by atoms with E-state index in [1.165, 1.54) is 0 Å². The number of amides is 2. The van der Waals surface area contributed by atoms with Gasteiger partial charge < -0.3 is 24.9 Å². The molecule has 35 heavy (non-hydrogen) atoms. The largest absolute Gasteiger partial charge is 0.484 e. The molecule has 7 heteroatoms. The zero-order chi connectivity index (χ0) is 25.0. The van der Waals surface area contributed by atoms with Crippen LogP contribution in [0.25, 0.3) is 0 Å². The van der Waals surface area contributed by atoms with Gasteiger partial charge in [-0.1, -0.05) is 39.0 Å². The third-order valence-corrected chi connectivity index (χ3v) is 8.42. The van der Waals surface area contributed by atoms with Crippen molar-refractivity contribution in [1.82, 2.24) is 10.6 Å². The van der Waals surface area contributed by atoms with Crippen molar-refractivity contribution in [3.8, 4) is 5.75 Å². The molecule has 1 unspecified atom stereocenters. The molecule has 7 atom stereocenters. The van der Waals surface area contributed by atoms with Gasteiger partial charge in [-0.25, -0.2) is 0 Å². The minimum Gasteiger partial charge on any atom is -0.484 e. The van der Waals surface area contributed by atoms with E-state index in [0.717, 1.165) is 25.7 Å². The third-order valence-electron chi connectivity index (χ3n) is 8.42. The molecule has 2 amide bonds. The van der Waals surface area contributed by atoms with E-state index in [-0.39, 0.29) is 53.5 Å². The first-order valence-electron chi connectivity index (χ1n) is 12.7. The molecule has 1 aromatic heterocycles. The van der Waals surface area contributed by atoms with Crippen molar-refractivity contribution in [2.24, 2.45) is 29.1 Å². The van der Waals surface area contributed by atoms with Gasteiger partial charge in [-0.05, 0) is 73.1 Å². The molecule has 2 aliphatic carbocycles. The minimum atomic E-state index is -0.603. The summed E-state index contributed by atoms with van der Waals surface area (Å²) in [4.78, 5) is 25.5. The molecular formula is C28H38N2O5. The molecule has 1 aromatic carbocycles. The fourth-order valence-corrected chi connectivity index (χ4v) is 6.35. The van der Waals surface area contributed by atoms with Crippen LogP contribution in [0.4, 0.5) is 0 Å². The monoisotopic (exact) mass is 482 g/mol. The maximum absolute atomic E-state index is 12.9. The van der Waals surface area contributed by atoms with Gasteiger partial charge in [0.2, 0.25) is 5.91 Å². The molecule has 2 saturated carbocycles. The molecule has 2 aromatic rings. The second kappa shape index (κ2) is 10.9. The van der Waals surface area contributed by atoms with Crippen LogP contribution in [-0.2, 0) is 16.1 Å². The average molecular weight is 483 g/mol. The average Bonchev–Trinajstić information content (AvgIpc) is 3.37. The van der Waals surface area contributed by atoms with Crippen LogP contribution in [-0.4, -0.2) is 35.7 Å². The lowest BCUT2D eigenvalue weighted by molar-refractivity contribution is -0.144. The summed E-state index contributed by atoms with van der Waals surface area (Å²) >= 11 is 0. The number of nitrogens with one attached hydrogen (secondary N) is 2.